The van der Waals surface area contributed by atoms with E-state index in [0.29, 0.717) is 11.3 Å². The normalized spacial score (nSPS) is 10.8. The van der Waals surface area contributed by atoms with E-state index in [-0.39, 0.29) is 11.2 Å². The van der Waals surface area contributed by atoms with E-state index in [9.17, 15) is 14.9 Å². The molecular formula is C14H12N2O3. The standard InChI is InChI=1S/C14H12N2O3/c1-2-5-11-10-12(16(18)19)7-8-13(11)15-9-4-3-6-14(15)17/h2-10H,1H3/b5-2-. The van der Waals surface area contributed by atoms with Gasteiger partial charge in [-0.05, 0) is 19.1 Å². The lowest BCUT2D eigenvalue weighted by Crippen LogP contribution is -2.16. The van der Waals surface area contributed by atoms with Crippen LogP contribution < -0.4 is 5.56 Å². The molecule has 96 valence electrons. The van der Waals surface area contributed by atoms with Crippen LogP contribution in [0.25, 0.3) is 11.8 Å². The van der Waals surface area contributed by atoms with Gasteiger partial charge in [0.1, 0.15) is 0 Å². The second-order valence-electron chi connectivity index (χ2n) is 3.91. The average molecular weight is 256 g/mol. The molecule has 5 nitrogen and oxygen atoms in total. The van der Waals surface area contributed by atoms with Gasteiger partial charge in [-0.25, -0.2) is 0 Å². The van der Waals surface area contributed by atoms with E-state index in [1.165, 1.54) is 22.8 Å². The van der Waals surface area contributed by atoms with Gasteiger partial charge >= 0.3 is 0 Å². The van der Waals surface area contributed by atoms with Crippen molar-refractivity contribution in [1.29, 1.82) is 0 Å². The molecule has 0 aliphatic heterocycles. The van der Waals surface area contributed by atoms with E-state index in [1.54, 1.807) is 36.5 Å². The van der Waals surface area contributed by atoms with Crippen molar-refractivity contribution in [2.45, 2.75) is 6.92 Å². The summed E-state index contributed by atoms with van der Waals surface area (Å²) in [6.07, 6.45) is 5.15. The van der Waals surface area contributed by atoms with Crippen molar-refractivity contribution in [2.24, 2.45) is 0 Å². The Kier molecular flexibility index (Phi) is 3.56. The van der Waals surface area contributed by atoms with Gasteiger partial charge in [-0.15, -0.1) is 0 Å². The van der Waals surface area contributed by atoms with Crippen LogP contribution in [0, 0.1) is 10.1 Å². The fraction of sp³-hybridized carbons (Fsp3) is 0.0714. The molecule has 0 aliphatic rings. The minimum Gasteiger partial charge on any atom is -0.284 e. The predicted octanol–water partition coefficient (Wildman–Crippen LogP) is 2.78. The van der Waals surface area contributed by atoms with Gasteiger partial charge in [-0.3, -0.25) is 19.5 Å². The number of hydrogen-bond donors (Lipinski definition) is 0. The highest BCUT2D eigenvalue weighted by Gasteiger charge is 2.10. The molecule has 0 saturated heterocycles. The maximum Gasteiger partial charge on any atom is 0.270 e. The van der Waals surface area contributed by atoms with Crippen LogP contribution in [0.3, 0.4) is 0 Å². The van der Waals surface area contributed by atoms with Gasteiger partial charge in [0.05, 0.1) is 10.6 Å². The first-order valence-corrected chi connectivity index (χ1v) is 5.72. The summed E-state index contributed by atoms with van der Waals surface area (Å²) >= 11 is 0. The Bertz CT molecular complexity index is 702. The number of benzene rings is 1. The Morgan fingerprint density at radius 1 is 1.26 bits per heavy atom. The first kappa shape index (κ1) is 12.8. The van der Waals surface area contributed by atoms with Gasteiger partial charge in [-0.2, -0.15) is 0 Å². The Labute approximate surface area is 109 Å². The Hall–Kier alpha value is -2.69. The molecule has 0 amide bonds. The third-order valence-electron chi connectivity index (χ3n) is 2.65. The highest BCUT2D eigenvalue weighted by molar-refractivity contribution is 5.63. The molecule has 0 aliphatic carbocycles. The zero-order chi connectivity index (χ0) is 13.8. The summed E-state index contributed by atoms with van der Waals surface area (Å²) in [7, 11) is 0. The van der Waals surface area contributed by atoms with Crippen molar-refractivity contribution in [3.63, 3.8) is 0 Å². The largest absolute Gasteiger partial charge is 0.284 e. The van der Waals surface area contributed by atoms with Crippen molar-refractivity contribution < 1.29 is 4.92 Å². The zero-order valence-corrected chi connectivity index (χ0v) is 10.3. The molecule has 0 N–H and O–H groups in total. The van der Waals surface area contributed by atoms with Crippen molar-refractivity contribution in [3.05, 3.63) is 74.7 Å². The molecular weight excluding hydrogens is 244 g/mol. The van der Waals surface area contributed by atoms with Crippen LogP contribution in [-0.2, 0) is 0 Å². The van der Waals surface area contributed by atoms with Gasteiger partial charge in [0.25, 0.3) is 11.2 Å². The van der Waals surface area contributed by atoms with E-state index >= 15 is 0 Å². The molecule has 0 fully saturated rings. The maximum atomic E-state index is 11.8. The van der Waals surface area contributed by atoms with E-state index < -0.39 is 4.92 Å². The summed E-state index contributed by atoms with van der Waals surface area (Å²) < 4.78 is 1.46. The lowest BCUT2D eigenvalue weighted by atomic mass is 10.1. The summed E-state index contributed by atoms with van der Waals surface area (Å²) in [5, 5.41) is 10.8. The Balaban J connectivity index is 2.67. The van der Waals surface area contributed by atoms with Crippen LogP contribution in [0.1, 0.15) is 12.5 Å². The maximum absolute atomic E-state index is 11.8. The topological polar surface area (TPSA) is 65.1 Å². The lowest BCUT2D eigenvalue weighted by molar-refractivity contribution is -0.384. The minimum atomic E-state index is -0.454. The van der Waals surface area contributed by atoms with Gasteiger partial charge in [0.15, 0.2) is 0 Å². The molecule has 1 aromatic carbocycles. The molecule has 0 unspecified atom stereocenters. The number of rotatable bonds is 3. The molecule has 2 rings (SSSR count). The van der Waals surface area contributed by atoms with Gasteiger partial charge in [0.2, 0.25) is 0 Å². The summed E-state index contributed by atoms with van der Waals surface area (Å²) in [6.45, 7) is 1.82. The van der Waals surface area contributed by atoms with Crippen molar-refractivity contribution in [2.75, 3.05) is 0 Å². The predicted molar refractivity (Wildman–Crippen MR) is 73.4 cm³/mol. The van der Waals surface area contributed by atoms with Crippen LogP contribution in [0.2, 0.25) is 0 Å². The first-order valence-electron chi connectivity index (χ1n) is 5.72. The van der Waals surface area contributed by atoms with Crippen LogP contribution in [0.5, 0.6) is 0 Å². The lowest BCUT2D eigenvalue weighted by Gasteiger charge is -2.08. The number of pyridine rings is 1. The number of allylic oxidation sites excluding steroid dienone is 1. The average Bonchev–Trinajstić information content (AvgIpc) is 2.40. The fourth-order valence-electron chi connectivity index (χ4n) is 1.81. The van der Waals surface area contributed by atoms with E-state index in [1.807, 2.05) is 6.92 Å². The third kappa shape index (κ3) is 2.60. The van der Waals surface area contributed by atoms with Gasteiger partial charge < -0.3 is 0 Å². The molecule has 0 bridgehead atoms. The Morgan fingerprint density at radius 3 is 2.68 bits per heavy atom. The Morgan fingerprint density at radius 2 is 2.05 bits per heavy atom. The van der Waals surface area contributed by atoms with E-state index in [0.717, 1.165) is 0 Å². The molecule has 0 atom stereocenters. The van der Waals surface area contributed by atoms with Crippen LogP contribution >= 0.6 is 0 Å². The summed E-state index contributed by atoms with van der Waals surface area (Å²) in [5.74, 6) is 0. The van der Waals surface area contributed by atoms with E-state index in [4.69, 9.17) is 0 Å². The third-order valence-corrected chi connectivity index (χ3v) is 2.65. The number of non-ortho nitro benzene ring substituents is 1. The summed E-state index contributed by atoms with van der Waals surface area (Å²) in [5.41, 5.74) is 1.07. The summed E-state index contributed by atoms with van der Waals surface area (Å²) in [6, 6.07) is 9.26. The summed E-state index contributed by atoms with van der Waals surface area (Å²) in [4.78, 5) is 22.1. The van der Waals surface area contributed by atoms with E-state index in [2.05, 4.69) is 0 Å². The van der Waals surface area contributed by atoms with Crippen LogP contribution in [-0.4, -0.2) is 9.49 Å². The number of nitrogens with zero attached hydrogens (tertiary/aromatic N) is 2. The zero-order valence-electron chi connectivity index (χ0n) is 10.3. The monoisotopic (exact) mass is 256 g/mol. The molecule has 2 aromatic rings. The molecule has 0 spiro atoms. The van der Waals surface area contributed by atoms with Crippen molar-refractivity contribution in [3.8, 4) is 5.69 Å². The molecule has 1 heterocycles. The van der Waals surface area contributed by atoms with Crippen molar-refractivity contribution in [1.82, 2.24) is 4.57 Å². The second-order valence-corrected chi connectivity index (χ2v) is 3.91. The highest BCUT2D eigenvalue weighted by atomic mass is 16.6. The molecule has 1 aromatic heterocycles. The number of hydrogen-bond acceptors (Lipinski definition) is 3. The minimum absolute atomic E-state index is 0.000769. The highest BCUT2D eigenvalue weighted by Crippen LogP contribution is 2.21. The fourth-order valence-corrected chi connectivity index (χ4v) is 1.81. The number of nitro benzene ring substituents is 1. The SMILES string of the molecule is C/C=C\c1cc([N+](=O)[O-])ccc1-n1ccccc1=O. The smallest absolute Gasteiger partial charge is 0.270 e. The molecule has 19 heavy (non-hydrogen) atoms. The van der Waals surface area contributed by atoms with Gasteiger partial charge in [0, 0.05) is 30.0 Å². The van der Waals surface area contributed by atoms with Crippen molar-refractivity contribution >= 4 is 11.8 Å². The molecule has 5 heteroatoms. The number of nitro groups is 1. The van der Waals surface area contributed by atoms with Crippen LogP contribution in [0.4, 0.5) is 5.69 Å². The number of aromatic nitrogens is 1. The van der Waals surface area contributed by atoms with Crippen LogP contribution in [0.15, 0.2) is 53.5 Å². The first-order chi connectivity index (χ1) is 9.13. The van der Waals surface area contributed by atoms with Gasteiger partial charge in [-0.1, -0.05) is 18.2 Å². The molecule has 0 saturated carbocycles. The quantitative estimate of drug-likeness (QED) is 0.626. The second kappa shape index (κ2) is 5.30. The molecule has 0 radical (unpaired) electrons.